The predicted molar refractivity (Wildman–Crippen MR) is 151 cm³/mol. The second-order valence-corrected chi connectivity index (χ2v) is 9.29. The van der Waals surface area contributed by atoms with Gasteiger partial charge in [0.25, 0.3) is 0 Å². The van der Waals surface area contributed by atoms with Gasteiger partial charge in [0.1, 0.15) is 12.7 Å². The molecule has 0 aliphatic rings. The minimum atomic E-state index is 0.987. The molecule has 4 nitrogen and oxygen atoms in total. The highest BCUT2D eigenvalue weighted by molar-refractivity contribution is 5.88. The minimum Gasteiger partial charge on any atom is -0.299 e. The van der Waals surface area contributed by atoms with Gasteiger partial charge in [0, 0.05) is 11.4 Å². The lowest BCUT2D eigenvalue weighted by molar-refractivity contribution is 1.09. The van der Waals surface area contributed by atoms with Crippen LogP contribution in [0.4, 0.5) is 0 Å². The minimum absolute atomic E-state index is 0.987. The second-order valence-electron chi connectivity index (χ2n) is 9.29. The Kier molecular flexibility index (Phi) is 4.96. The fraction of sp³-hybridized carbons (Fsp3) is 0.0303. The van der Waals surface area contributed by atoms with E-state index in [9.17, 15) is 0 Å². The first kappa shape index (κ1) is 21.3. The molecule has 0 aliphatic heterocycles. The van der Waals surface area contributed by atoms with Gasteiger partial charge < -0.3 is 0 Å². The third-order valence-corrected chi connectivity index (χ3v) is 7.12. The van der Waals surface area contributed by atoms with Crippen LogP contribution < -0.4 is 0 Å². The first-order valence-electron chi connectivity index (χ1n) is 12.4. The van der Waals surface area contributed by atoms with E-state index in [1.807, 2.05) is 24.8 Å². The van der Waals surface area contributed by atoms with E-state index in [0.717, 1.165) is 33.4 Å². The summed E-state index contributed by atoms with van der Waals surface area (Å²) in [5.41, 5.74) is 12.4. The third-order valence-electron chi connectivity index (χ3n) is 7.12. The maximum Gasteiger partial charge on any atom is 0.100 e. The van der Waals surface area contributed by atoms with Crippen LogP contribution in [-0.4, -0.2) is 19.1 Å². The lowest BCUT2D eigenvalue weighted by Crippen LogP contribution is -1.93. The smallest absolute Gasteiger partial charge is 0.100 e. The molecule has 0 atom stereocenters. The molecule has 0 radical (unpaired) electrons. The summed E-state index contributed by atoms with van der Waals surface area (Å²) in [6.45, 7) is 2.21. The number of hydrogen-bond donors (Lipinski definition) is 0. The molecule has 0 N–H and O–H groups in total. The summed E-state index contributed by atoms with van der Waals surface area (Å²) >= 11 is 0. The quantitative estimate of drug-likeness (QED) is 0.258. The molecule has 0 saturated carbocycles. The highest BCUT2D eigenvalue weighted by atomic mass is 15.1. The van der Waals surface area contributed by atoms with Crippen LogP contribution in [0.15, 0.2) is 128 Å². The van der Waals surface area contributed by atoms with E-state index in [0.29, 0.717) is 0 Å². The Morgan fingerprint density at radius 1 is 0.486 bits per heavy atom. The largest absolute Gasteiger partial charge is 0.299 e. The lowest BCUT2D eigenvalue weighted by Gasteiger charge is -2.13. The van der Waals surface area contributed by atoms with Gasteiger partial charge >= 0.3 is 0 Å². The van der Waals surface area contributed by atoms with E-state index in [4.69, 9.17) is 0 Å². The zero-order chi connectivity index (χ0) is 24.8. The van der Waals surface area contributed by atoms with Crippen molar-refractivity contribution in [2.75, 3.05) is 0 Å². The van der Waals surface area contributed by atoms with Crippen LogP contribution in [0, 0.1) is 6.92 Å². The van der Waals surface area contributed by atoms with E-state index >= 15 is 0 Å². The van der Waals surface area contributed by atoms with Gasteiger partial charge in [0.15, 0.2) is 0 Å². The Balaban J connectivity index is 1.34. The van der Waals surface area contributed by atoms with E-state index in [1.165, 1.54) is 27.8 Å². The highest BCUT2D eigenvalue weighted by Crippen LogP contribution is 2.35. The van der Waals surface area contributed by atoms with Gasteiger partial charge in [-0.25, -0.2) is 9.97 Å². The summed E-state index contributed by atoms with van der Waals surface area (Å²) < 4.78 is 4.30. The molecule has 0 aliphatic carbocycles. The molecule has 5 aromatic carbocycles. The highest BCUT2D eigenvalue weighted by Gasteiger charge is 2.13. The average molecular weight is 477 g/mol. The molecule has 2 heterocycles. The Labute approximate surface area is 215 Å². The maximum atomic E-state index is 4.63. The molecular formula is C33H24N4. The summed E-state index contributed by atoms with van der Waals surface area (Å²) in [7, 11) is 0. The molecule has 2 aromatic heterocycles. The molecule has 0 fully saturated rings. The van der Waals surface area contributed by atoms with Crippen molar-refractivity contribution in [3.8, 4) is 33.6 Å². The Morgan fingerprint density at radius 2 is 0.946 bits per heavy atom. The second kappa shape index (κ2) is 8.61. The molecule has 4 heteroatoms. The predicted octanol–water partition coefficient (Wildman–Crippen LogP) is 8.01. The van der Waals surface area contributed by atoms with Crippen LogP contribution in [0.3, 0.4) is 0 Å². The molecule has 176 valence electrons. The monoisotopic (exact) mass is 476 g/mol. The fourth-order valence-electron chi connectivity index (χ4n) is 5.20. The van der Waals surface area contributed by atoms with E-state index in [1.54, 1.807) is 0 Å². The van der Waals surface area contributed by atoms with Crippen molar-refractivity contribution in [1.82, 2.24) is 19.1 Å². The number of para-hydroxylation sites is 2. The Morgan fingerprint density at radius 3 is 1.41 bits per heavy atom. The van der Waals surface area contributed by atoms with Gasteiger partial charge in [-0.1, -0.05) is 66.7 Å². The number of aromatic nitrogens is 4. The first-order valence-corrected chi connectivity index (χ1v) is 12.4. The van der Waals surface area contributed by atoms with E-state index in [-0.39, 0.29) is 0 Å². The van der Waals surface area contributed by atoms with Gasteiger partial charge in [0.2, 0.25) is 0 Å². The van der Waals surface area contributed by atoms with Crippen LogP contribution in [0.2, 0.25) is 0 Å². The molecule has 7 aromatic rings. The van der Waals surface area contributed by atoms with Gasteiger partial charge in [-0.15, -0.1) is 0 Å². The molecule has 0 amide bonds. The van der Waals surface area contributed by atoms with E-state index < -0.39 is 0 Å². The summed E-state index contributed by atoms with van der Waals surface area (Å²) in [6.07, 6.45) is 3.80. The van der Waals surface area contributed by atoms with Crippen LogP contribution in [0.5, 0.6) is 0 Å². The van der Waals surface area contributed by atoms with Gasteiger partial charge in [-0.05, 0) is 83.3 Å². The van der Waals surface area contributed by atoms with Gasteiger partial charge in [-0.2, -0.15) is 0 Å². The molecular weight excluding hydrogens is 452 g/mol. The molecule has 0 bridgehead atoms. The van der Waals surface area contributed by atoms with Crippen molar-refractivity contribution < 1.29 is 0 Å². The number of hydrogen-bond acceptors (Lipinski definition) is 2. The molecule has 0 spiro atoms. The van der Waals surface area contributed by atoms with Crippen molar-refractivity contribution in [2.24, 2.45) is 0 Å². The summed E-state index contributed by atoms with van der Waals surface area (Å²) in [5, 5.41) is 0. The van der Waals surface area contributed by atoms with Crippen molar-refractivity contribution in [2.45, 2.75) is 6.92 Å². The molecule has 0 saturated heterocycles. The normalized spacial score (nSPS) is 11.4. The summed E-state index contributed by atoms with van der Waals surface area (Å²) in [4.78, 5) is 9.26. The Hall–Kier alpha value is -4.96. The number of nitrogens with zero attached hydrogens (tertiary/aromatic N) is 4. The Bertz CT molecular complexity index is 1740. The number of rotatable bonds is 4. The number of imidazole rings is 2. The van der Waals surface area contributed by atoms with Crippen molar-refractivity contribution in [1.29, 1.82) is 0 Å². The molecule has 7 rings (SSSR count). The van der Waals surface area contributed by atoms with Crippen LogP contribution >= 0.6 is 0 Å². The lowest BCUT2D eigenvalue weighted by atomic mass is 9.92. The van der Waals surface area contributed by atoms with Gasteiger partial charge in [0.05, 0.1) is 22.1 Å². The fourth-order valence-corrected chi connectivity index (χ4v) is 5.20. The standard InChI is InChI=1S/C33H24N4/c1-23-28(24-15-17-30-32(19-24)36(21-34-30)26-9-4-2-5-10-26)13-8-14-29(23)25-16-18-31-33(20-25)37(22-35-31)27-11-6-3-7-12-27/h2-22H,1H3. The van der Waals surface area contributed by atoms with E-state index in [2.05, 4.69) is 129 Å². The SMILES string of the molecule is Cc1c(-c2ccc3ncn(-c4ccccc4)c3c2)cccc1-c1ccc2ncn(-c3ccccc3)c2c1. The summed E-state index contributed by atoms with van der Waals surface area (Å²) in [5.74, 6) is 0. The molecule has 0 unspecified atom stereocenters. The maximum absolute atomic E-state index is 4.63. The van der Waals surface area contributed by atoms with Crippen molar-refractivity contribution in [3.05, 3.63) is 133 Å². The summed E-state index contributed by atoms with van der Waals surface area (Å²) in [6, 6.07) is 40.3. The number of benzene rings is 5. The molecule has 37 heavy (non-hydrogen) atoms. The van der Waals surface area contributed by atoms with Crippen LogP contribution in [-0.2, 0) is 0 Å². The van der Waals surface area contributed by atoms with Crippen LogP contribution in [0.25, 0.3) is 55.7 Å². The van der Waals surface area contributed by atoms with Crippen molar-refractivity contribution >= 4 is 22.1 Å². The van der Waals surface area contributed by atoms with Crippen LogP contribution in [0.1, 0.15) is 5.56 Å². The van der Waals surface area contributed by atoms with Crippen molar-refractivity contribution in [3.63, 3.8) is 0 Å². The number of fused-ring (bicyclic) bond motifs is 2. The first-order chi connectivity index (χ1) is 18.3. The zero-order valence-electron chi connectivity index (χ0n) is 20.4. The average Bonchev–Trinajstić information content (AvgIpc) is 3.58. The third kappa shape index (κ3) is 3.62. The zero-order valence-corrected chi connectivity index (χ0v) is 20.4. The van der Waals surface area contributed by atoms with Gasteiger partial charge in [-0.3, -0.25) is 9.13 Å². The topological polar surface area (TPSA) is 35.6 Å².